The summed E-state index contributed by atoms with van der Waals surface area (Å²) in [5.74, 6) is 1.48. The van der Waals surface area contributed by atoms with E-state index in [0.29, 0.717) is 48.2 Å². The summed E-state index contributed by atoms with van der Waals surface area (Å²) in [7, 11) is 0. The highest BCUT2D eigenvalue weighted by Gasteiger charge is 2.34. The maximum absolute atomic E-state index is 13.0. The first-order valence-electron chi connectivity index (χ1n) is 13.7. The minimum absolute atomic E-state index is 0.316. The molecule has 40 heavy (non-hydrogen) atoms. The van der Waals surface area contributed by atoms with Gasteiger partial charge in [-0.2, -0.15) is 0 Å². The third-order valence-corrected chi connectivity index (χ3v) is 7.45. The Morgan fingerprint density at radius 3 is 2.58 bits per heavy atom. The number of rotatable bonds is 8. The van der Waals surface area contributed by atoms with Crippen molar-refractivity contribution in [2.75, 3.05) is 11.9 Å². The van der Waals surface area contributed by atoms with Crippen molar-refractivity contribution >= 4 is 44.6 Å². The molecular weight excluding hydrogens is 574 g/mol. The van der Waals surface area contributed by atoms with Gasteiger partial charge in [-0.1, -0.05) is 25.1 Å². The highest BCUT2D eigenvalue weighted by Crippen LogP contribution is 2.43. The van der Waals surface area contributed by atoms with E-state index in [1.807, 2.05) is 68.7 Å². The predicted octanol–water partition coefficient (Wildman–Crippen LogP) is 8.07. The van der Waals surface area contributed by atoms with Gasteiger partial charge in [0.2, 0.25) is 0 Å². The van der Waals surface area contributed by atoms with E-state index in [9.17, 15) is 9.59 Å². The summed E-state index contributed by atoms with van der Waals surface area (Å²) in [6, 6.07) is 13.4. The van der Waals surface area contributed by atoms with Gasteiger partial charge in [0.05, 0.1) is 22.5 Å². The molecule has 4 aromatic rings. The minimum atomic E-state index is -0.616. The average Bonchev–Trinajstić information content (AvgIpc) is 3.61. The van der Waals surface area contributed by atoms with Crippen LogP contribution in [-0.4, -0.2) is 33.8 Å². The van der Waals surface area contributed by atoms with Crippen molar-refractivity contribution in [2.45, 2.75) is 71.9 Å². The number of benzene rings is 2. The first kappa shape index (κ1) is 28.0. The van der Waals surface area contributed by atoms with Crippen LogP contribution in [0.15, 0.2) is 51.4 Å². The maximum atomic E-state index is 13.0. The Morgan fingerprint density at radius 2 is 1.90 bits per heavy atom. The number of ether oxygens (including phenoxy) is 2. The number of esters is 1. The fourth-order valence-corrected chi connectivity index (χ4v) is 5.39. The van der Waals surface area contributed by atoms with Crippen molar-refractivity contribution in [3.05, 3.63) is 69.7 Å². The SMILES string of the molecule is CCOC(=O)c1c(C2CC2)nc(CC)n1Cc1ccc2oc(-c3ccccc3NC(=O)OC(C)(C)C)c(Br)c2c1. The second-order valence-electron chi connectivity index (χ2n) is 10.9. The Balaban J connectivity index is 1.50. The Hall–Kier alpha value is -3.59. The van der Waals surface area contributed by atoms with Crippen molar-refractivity contribution in [2.24, 2.45) is 0 Å². The number of carbonyl (C=O) groups excluding carboxylic acids is 2. The summed E-state index contributed by atoms with van der Waals surface area (Å²) in [4.78, 5) is 30.4. The Kier molecular flexibility index (Phi) is 7.77. The number of fused-ring (bicyclic) bond motifs is 1. The summed E-state index contributed by atoms with van der Waals surface area (Å²) in [6.45, 7) is 10.1. The van der Waals surface area contributed by atoms with Crippen LogP contribution in [0.1, 0.15) is 80.9 Å². The molecule has 1 amide bonds. The van der Waals surface area contributed by atoms with Gasteiger partial charge in [-0.25, -0.2) is 14.6 Å². The quantitative estimate of drug-likeness (QED) is 0.203. The Bertz CT molecular complexity index is 1580. The second-order valence-corrected chi connectivity index (χ2v) is 11.7. The van der Waals surface area contributed by atoms with E-state index in [2.05, 4.69) is 34.2 Å². The molecule has 0 radical (unpaired) electrons. The molecule has 1 fully saturated rings. The monoisotopic (exact) mass is 607 g/mol. The fourth-order valence-electron chi connectivity index (χ4n) is 4.79. The number of hydrogen-bond donors (Lipinski definition) is 1. The molecule has 0 bridgehead atoms. The van der Waals surface area contributed by atoms with Crippen LogP contribution in [0.2, 0.25) is 0 Å². The first-order chi connectivity index (χ1) is 19.1. The zero-order valence-corrected chi connectivity index (χ0v) is 25.1. The van der Waals surface area contributed by atoms with Crippen molar-refractivity contribution in [1.82, 2.24) is 9.55 Å². The second kappa shape index (κ2) is 11.1. The molecule has 9 heteroatoms. The van der Waals surface area contributed by atoms with Gasteiger partial charge in [0.15, 0.2) is 11.5 Å². The van der Waals surface area contributed by atoms with Crippen molar-refractivity contribution < 1.29 is 23.5 Å². The molecule has 0 atom stereocenters. The lowest BCUT2D eigenvalue weighted by atomic mass is 10.1. The highest BCUT2D eigenvalue weighted by atomic mass is 79.9. The molecule has 0 spiro atoms. The number of furan rings is 1. The molecule has 5 rings (SSSR count). The van der Waals surface area contributed by atoms with Gasteiger partial charge >= 0.3 is 12.1 Å². The van der Waals surface area contributed by atoms with Crippen molar-refractivity contribution in [3.63, 3.8) is 0 Å². The molecule has 2 aromatic heterocycles. The van der Waals surface area contributed by atoms with E-state index < -0.39 is 11.7 Å². The predicted molar refractivity (Wildman–Crippen MR) is 158 cm³/mol. The number of halogens is 1. The van der Waals surface area contributed by atoms with Crippen LogP contribution >= 0.6 is 15.9 Å². The Morgan fingerprint density at radius 1 is 1.15 bits per heavy atom. The number of nitrogens with one attached hydrogen (secondary N) is 1. The Labute approximate surface area is 242 Å². The first-order valence-corrected chi connectivity index (χ1v) is 14.5. The van der Waals surface area contributed by atoms with Gasteiger partial charge in [-0.3, -0.25) is 5.32 Å². The smallest absolute Gasteiger partial charge is 0.412 e. The van der Waals surface area contributed by atoms with E-state index in [4.69, 9.17) is 18.9 Å². The van der Waals surface area contributed by atoms with Gasteiger partial charge in [0.25, 0.3) is 0 Å². The topological polar surface area (TPSA) is 95.6 Å². The number of aryl methyl sites for hydroxylation is 1. The molecule has 210 valence electrons. The molecule has 2 heterocycles. The van der Waals surface area contributed by atoms with Gasteiger partial charge < -0.3 is 18.5 Å². The van der Waals surface area contributed by atoms with Crippen LogP contribution in [0.3, 0.4) is 0 Å². The third kappa shape index (κ3) is 5.80. The number of hydrogen-bond acceptors (Lipinski definition) is 6. The molecule has 0 saturated heterocycles. The number of carbonyl (C=O) groups is 2. The lowest BCUT2D eigenvalue weighted by Crippen LogP contribution is -2.27. The van der Waals surface area contributed by atoms with E-state index in [-0.39, 0.29) is 5.97 Å². The highest BCUT2D eigenvalue weighted by molar-refractivity contribution is 9.10. The largest absolute Gasteiger partial charge is 0.461 e. The molecule has 1 aliphatic carbocycles. The van der Waals surface area contributed by atoms with E-state index in [1.54, 1.807) is 0 Å². The molecule has 1 aliphatic rings. The van der Waals surface area contributed by atoms with Crippen LogP contribution in [0.5, 0.6) is 0 Å². The number of imidazole rings is 1. The molecule has 2 aromatic carbocycles. The molecule has 1 N–H and O–H groups in total. The van der Waals surface area contributed by atoms with Gasteiger partial charge in [-0.05, 0) is 86.3 Å². The van der Waals surface area contributed by atoms with Crippen LogP contribution in [0, 0.1) is 0 Å². The molecule has 0 aliphatic heterocycles. The number of anilines is 1. The number of aromatic nitrogens is 2. The molecular formula is C31H34BrN3O5. The van der Waals surface area contributed by atoms with Crippen molar-refractivity contribution in [1.29, 1.82) is 0 Å². The summed E-state index contributed by atoms with van der Waals surface area (Å²) < 4.78 is 19.9. The average molecular weight is 609 g/mol. The van der Waals surface area contributed by atoms with Gasteiger partial charge in [-0.15, -0.1) is 0 Å². The lowest BCUT2D eigenvalue weighted by molar-refractivity contribution is 0.0511. The van der Waals surface area contributed by atoms with E-state index >= 15 is 0 Å². The van der Waals surface area contributed by atoms with Crippen LogP contribution in [-0.2, 0) is 22.4 Å². The molecule has 1 saturated carbocycles. The van der Waals surface area contributed by atoms with Gasteiger partial charge in [0.1, 0.15) is 17.0 Å². The zero-order valence-electron chi connectivity index (χ0n) is 23.5. The standard InChI is InChI=1S/C31H34BrN3O5/c1-6-24-34-26(19-13-14-19)27(29(36)38-7-2)35(24)17-18-12-15-23-21(16-18)25(32)28(39-23)20-10-8-9-11-22(20)33-30(37)40-31(3,4)5/h8-12,15-16,19H,6-7,13-14,17H2,1-5H3,(H,33,37). The molecule has 0 unspecified atom stereocenters. The van der Waals surface area contributed by atoms with Crippen LogP contribution in [0.4, 0.5) is 10.5 Å². The maximum Gasteiger partial charge on any atom is 0.412 e. The van der Waals surface area contributed by atoms with Crippen LogP contribution in [0.25, 0.3) is 22.3 Å². The number of nitrogens with zero attached hydrogens (tertiary/aromatic N) is 2. The normalized spacial score (nSPS) is 13.4. The zero-order chi connectivity index (χ0) is 28.6. The minimum Gasteiger partial charge on any atom is -0.461 e. The third-order valence-electron chi connectivity index (χ3n) is 6.66. The van der Waals surface area contributed by atoms with E-state index in [0.717, 1.165) is 45.3 Å². The summed E-state index contributed by atoms with van der Waals surface area (Å²) in [5.41, 5.74) is 3.81. The van der Waals surface area contributed by atoms with Gasteiger partial charge in [0, 0.05) is 29.8 Å². The number of para-hydroxylation sites is 1. The lowest BCUT2D eigenvalue weighted by Gasteiger charge is -2.20. The van der Waals surface area contributed by atoms with Crippen molar-refractivity contribution in [3.8, 4) is 11.3 Å². The van der Waals surface area contributed by atoms with E-state index in [1.165, 1.54) is 0 Å². The molecule has 8 nitrogen and oxygen atoms in total. The van der Waals surface area contributed by atoms with Crippen LogP contribution < -0.4 is 5.32 Å². The number of amides is 1. The summed E-state index contributed by atoms with van der Waals surface area (Å²) in [6.07, 6.45) is 2.27. The summed E-state index contributed by atoms with van der Waals surface area (Å²) >= 11 is 3.74. The summed E-state index contributed by atoms with van der Waals surface area (Å²) in [5, 5.41) is 3.73. The fraction of sp³-hybridized carbons (Fsp3) is 0.387.